The summed E-state index contributed by atoms with van der Waals surface area (Å²) in [6.07, 6.45) is 1.54. The first-order valence-corrected chi connectivity index (χ1v) is 9.75. The number of nitrogens with one attached hydrogen (secondary N) is 1. The fraction of sp³-hybridized carbons (Fsp3) is 0.150. The van der Waals surface area contributed by atoms with Crippen molar-refractivity contribution in [3.05, 3.63) is 66.4 Å². The minimum Gasteiger partial charge on any atom is -0.461 e. The summed E-state index contributed by atoms with van der Waals surface area (Å²) in [4.78, 5) is 12.4. The number of hydrogen-bond donors (Lipinski definition) is 2. The molecule has 2 aromatic heterocycles. The van der Waals surface area contributed by atoms with Crippen molar-refractivity contribution < 1.29 is 9.21 Å². The number of hydrogen-bond acceptors (Lipinski definition) is 6. The van der Waals surface area contributed by atoms with Crippen molar-refractivity contribution in [1.29, 1.82) is 0 Å². The zero-order valence-corrected chi connectivity index (χ0v) is 16.0. The van der Waals surface area contributed by atoms with E-state index < -0.39 is 0 Å². The number of fused-ring (bicyclic) bond motifs is 1. The molecule has 0 aliphatic carbocycles. The van der Waals surface area contributed by atoms with Crippen LogP contribution in [0.4, 0.5) is 0 Å². The van der Waals surface area contributed by atoms with Crippen LogP contribution in [0.5, 0.6) is 0 Å². The molecule has 0 spiro atoms. The lowest BCUT2D eigenvalue weighted by Gasteiger charge is -2.15. The summed E-state index contributed by atoms with van der Waals surface area (Å²) in [6.45, 7) is 1.97. The van der Waals surface area contributed by atoms with Gasteiger partial charge in [0.15, 0.2) is 5.76 Å². The molecule has 0 saturated heterocycles. The lowest BCUT2D eigenvalue weighted by atomic mass is 10.0. The number of aromatic nitrogens is 3. The molecule has 0 saturated carbocycles. The lowest BCUT2D eigenvalue weighted by molar-refractivity contribution is -0.119. The third-order valence-corrected chi connectivity index (χ3v) is 5.33. The summed E-state index contributed by atoms with van der Waals surface area (Å²) in [5.41, 5.74) is 1.05. The molecule has 2 heterocycles. The molecular formula is C20H19N5O2S. The number of benzene rings is 2. The molecule has 0 bridgehead atoms. The SMILES string of the molecule is CC(NC(=O)CSc1nnc(-c2ccco2)n1N)c1ccc2ccccc2c1. The Morgan fingerprint density at radius 3 is 2.79 bits per heavy atom. The molecule has 0 radical (unpaired) electrons. The number of carbonyl (C=O) groups is 1. The third kappa shape index (κ3) is 3.72. The Balaban J connectivity index is 1.37. The molecular weight excluding hydrogens is 374 g/mol. The third-order valence-electron chi connectivity index (χ3n) is 4.39. The van der Waals surface area contributed by atoms with Gasteiger partial charge in [0.05, 0.1) is 18.1 Å². The van der Waals surface area contributed by atoms with Crippen molar-refractivity contribution >= 4 is 28.4 Å². The predicted molar refractivity (Wildman–Crippen MR) is 109 cm³/mol. The molecule has 1 unspecified atom stereocenters. The Bertz CT molecular complexity index is 1110. The van der Waals surface area contributed by atoms with Gasteiger partial charge in [-0.05, 0) is 41.5 Å². The molecule has 4 rings (SSSR count). The van der Waals surface area contributed by atoms with E-state index in [1.807, 2.05) is 25.1 Å². The van der Waals surface area contributed by atoms with Gasteiger partial charge < -0.3 is 15.6 Å². The highest BCUT2D eigenvalue weighted by atomic mass is 32.2. The molecule has 1 amide bonds. The Kier molecular flexibility index (Phi) is 5.03. The Labute approximate surface area is 165 Å². The summed E-state index contributed by atoms with van der Waals surface area (Å²) < 4.78 is 6.60. The Morgan fingerprint density at radius 1 is 1.18 bits per heavy atom. The maximum absolute atomic E-state index is 12.4. The molecule has 0 aliphatic heterocycles. The van der Waals surface area contributed by atoms with Gasteiger partial charge in [0.1, 0.15) is 0 Å². The number of nitrogens with zero attached hydrogens (tertiary/aromatic N) is 3. The van der Waals surface area contributed by atoms with E-state index in [2.05, 4.69) is 39.8 Å². The molecule has 1 atom stereocenters. The van der Waals surface area contributed by atoms with Gasteiger partial charge in [-0.25, -0.2) is 4.68 Å². The molecule has 28 heavy (non-hydrogen) atoms. The van der Waals surface area contributed by atoms with Crippen LogP contribution in [0.2, 0.25) is 0 Å². The van der Waals surface area contributed by atoms with Crippen LogP contribution in [-0.4, -0.2) is 26.5 Å². The number of nitrogens with two attached hydrogens (primary N) is 1. The summed E-state index contributed by atoms with van der Waals surface area (Å²) in [7, 11) is 0. The van der Waals surface area contributed by atoms with Crippen molar-refractivity contribution in [1.82, 2.24) is 20.2 Å². The molecule has 0 fully saturated rings. The second-order valence-corrected chi connectivity index (χ2v) is 7.28. The molecule has 2 aromatic carbocycles. The Morgan fingerprint density at radius 2 is 2.00 bits per heavy atom. The van der Waals surface area contributed by atoms with Crippen LogP contribution in [-0.2, 0) is 4.79 Å². The van der Waals surface area contributed by atoms with E-state index >= 15 is 0 Å². The zero-order valence-electron chi connectivity index (χ0n) is 15.2. The first-order valence-electron chi connectivity index (χ1n) is 8.77. The van der Waals surface area contributed by atoms with Crippen molar-refractivity contribution in [2.75, 3.05) is 11.6 Å². The number of nitrogen functional groups attached to an aromatic ring is 1. The van der Waals surface area contributed by atoms with Crippen LogP contribution >= 0.6 is 11.8 Å². The van der Waals surface area contributed by atoms with Gasteiger partial charge in [-0.1, -0.05) is 48.2 Å². The average Bonchev–Trinajstić information content (AvgIpc) is 3.35. The second-order valence-electron chi connectivity index (χ2n) is 6.34. The normalized spacial score (nSPS) is 12.2. The van der Waals surface area contributed by atoms with Crippen molar-refractivity contribution in [3.8, 4) is 11.6 Å². The molecule has 142 valence electrons. The van der Waals surface area contributed by atoms with E-state index in [4.69, 9.17) is 10.3 Å². The van der Waals surface area contributed by atoms with Crippen LogP contribution in [0, 0.1) is 0 Å². The van der Waals surface area contributed by atoms with Crippen molar-refractivity contribution in [3.63, 3.8) is 0 Å². The van der Waals surface area contributed by atoms with E-state index in [1.165, 1.54) is 21.8 Å². The largest absolute Gasteiger partial charge is 0.461 e. The van der Waals surface area contributed by atoms with Gasteiger partial charge in [-0.15, -0.1) is 10.2 Å². The quantitative estimate of drug-likeness (QED) is 0.385. The molecule has 7 nitrogen and oxygen atoms in total. The second kappa shape index (κ2) is 7.77. The molecule has 0 aliphatic rings. The van der Waals surface area contributed by atoms with Gasteiger partial charge in [-0.2, -0.15) is 0 Å². The highest BCUT2D eigenvalue weighted by Gasteiger charge is 2.16. The van der Waals surface area contributed by atoms with Crippen LogP contribution < -0.4 is 11.2 Å². The molecule has 8 heteroatoms. The smallest absolute Gasteiger partial charge is 0.230 e. The molecule has 3 N–H and O–H groups in total. The standard InChI is InChI=1S/C20H19N5O2S/c1-13(15-9-8-14-5-2-3-6-16(14)11-15)22-18(26)12-28-20-24-23-19(25(20)21)17-7-4-10-27-17/h2-11,13H,12,21H2,1H3,(H,22,26). The average molecular weight is 393 g/mol. The number of furan rings is 1. The lowest BCUT2D eigenvalue weighted by Crippen LogP contribution is -2.28. The molecule has 4 aromatic rings. The van der Waals surface area contributed by atoms with Gasteiger partial charge >= 0.3 is 0 Å². The summed E-state index contributed by atoms with van der Waals surface area (Å²) in [5, 5.41) is 13.8. The van der Waals surface area contributed by atoms with E-state index in [-0.39, 0.29) is 17.7 Å². The van der Waals surface area contributed by atoms with Crippen molar-refractivity contribution in [2.45, 2.75) is 18.1 Å². The maximum atomic E-state index is 12.4. The number of thioether (sulfide) groups is 1. The topological polar surface area (TPSA) is 99.0 Å². The van der Waals surface area contributed by atoms with E-state index in [9.17, 15) is 4.79 Å². The fourth-order valence-corrected chi connectivity index (χ4v) is 3.59. The first-order chi connectivity index (χ1) is 13.6. The Hall–Kier alpha value is -3.26. The number of rotatable bonds is 6. The zero-order chi connectivity index (χ0) is 19.5. The van der Waals surface area contributed by atoms with Crippen LogP contribution in [0.3, 0.4) is 0 Å². The highest BCUT2D eigenvalue weighted by molar-refractivity contribution is 7.99. The highest BCUT2D eigenvalue weighted by Crippen LogP contribution is 2.23. The van der Waals surface area contributed by atoms with Crippen molar-refractivity contribution in [2.24, 2.45) is 0 Å². The van der Waals surface area contributed by atoms with Crippen LogP contribution in [0.25, 0.3) is 22.4 Å². The summed E-state index contributed by atoms with van der Waals surface area (Å²) in [5.74, 6) is 7.03. The maximum Gasteiger partial charge on any atom is 0.230 e. The first kappa shape index (κ1) is 18.1. The van der Waals surface area contributed by atoms with Crippen LogP contribution in [0.1, 0.15) is 18.5 Å². The fourth-order valence-electron chi connectivity index (χ4n) is 2.92. The van der Waals surface area contributed by atoms with E-state index in [0.29, 0.717) is 16.7 Å². The minimum absolute atomic E-state index is 0.104. The number of carbonyl (C=O) groups excluding carboxylic acids is 1. The summed E-state index contributed by atoms with van der Waals surface area (Å²) >= 11 is 1.22. The number of amides is 1. The van der Waals surface area contributed by atoms with Gasteiger partial charge in [0.25, 0.3) is 0 Å². The minimum atomic E-state index is -0.105. The predicted octanol–water partition coefficient (Wildman–Crippen LogP) is 3.37. The van der Waals surface area contributed by atoms with E-state index in [1.54, 1.807) is 18.4 Å². The van der Waals surface area contributed by atoms with Gasteiger partial charge in [0.2, 0.25) is 16.9 Å². The van der Waals surface area contributed by atoms with E-state index in [0.717, 1.165) is 10.9 Å². The van der Waals surface area contributed by atoms with Crippen LogP contribution in [0.15, 0.2) is 70.4 Å². The van der Waals surface area contributed by atoms with Gasteiger partial charge in [-0.3, -0.25) is 4.79 Å². The van der Waals surface area contributed by atoms with Gasteiger partial charge in [0, 0.05) is 0 Å². The summed E-state index contributed by atoms with van der Waals surface area (Å²) in [6, 6.07) is 17.7. The monoisotopic (exact) mass is 393 g/mol.